The molecule has 1 saturated heterocycles. The Labute approximate surface area is 325 Å². The van der Waals surface area contributed by atoms with E-state index in [4.69, 9.17) is 23.7 Å². The second kappa shape index (κ2) is 18.9. The van der Waals surface area contributed by atoms with Crippen LogP contribution in [0, 0.1) is 5.92 Å². The molecule has 12 heteroatoms. The van der Waals surface area contributed by atoms with Crippen LogP contribution in [0.4, 0.5) is 5.95 Å². The molecule has 1 aliphatic heterocycles. The van der Waals surface area contributed by atoms with E-state index in [9.17, 15) is 9.59 Å². The fourth-order valence-electron chi connectivity index (χ4n) is 6.64. The molecule has 290 valence electrons. The number of carbonyl (C=O) groups is 1. The highest BCUT2D eigenvalue weighted by molar-refractivity contribution is 5.91. The predicted octanol–water partition coefficient (Wildman–Crippen LogP) is 6.97. The van der Waals surface area contributed by atoms with E-state index in [2.05, 4.69) is 20.3 Å². The number of hydrogen-bond donors (Lipinski definition) is 2. The van der Waals surface area contributed by atoms with Gasteiger partial charge in [-0.3, -0.25) is 24.5 Å². The van der Waals surface area contributed by atoms with E-state index in [1.165, 1.54) is 6.33 Å². The number of amides is 1. The Balaban J connectivity index is 1.28. The number of nitrogens with zero attached hydrogens (tertiary/aromatic N) is 3. The first-order chi connectivity index (χ1) is 27.4. The molecule has 2 N–H and O–H groups in total. The lowest BCUT2D eigenvalue weighted by Gasteiger charge is -2.34. The van der Waals surface area contributed by atoms with E-state index in [-0.39, 0.29) is 48.6 Å². The Bertz CT molecular complexity index is 2180. The van der Waals surface area contributed by atoms with Gasteiger partial charge < -0.3 is 23.7 Å². The van der Waals surface area contributed by atoms with Crippen molar-refractivity contribution in [1.29, 1.82) is 0 Å². The molecule has 0 spiro atoms. The van der Waals surface area contributed by atoms with Gasteiger partial charge in [0.2, 0.25) is 11.9 Å². The summed E-state index contributed by atoms with van der Waals surface area (Å²) in [5.74, 6) is -0.567. The lowest BCUT2D eigenvalue weighted by Crippen LogP contribution is -2.48. The number of imidazole rings is 1. The van der Waals surface area contributed by atoms with Crippen LogP contribution in [0.25, 0.3) is 11.2 Å². The number of anilines is 1. The van der Waals surface area contributed by atoms with Crippen LogP contribution in [-0.2, 0) is 54.9 Å². The minimum absolute atomic E-state index is 0.0215. The number of aromatic amines is 1. The molecule has 5 atom stereocenters. The molecule has 0 aliphatic carbocycles. The van der Waals surface area contributed by atoms with Gasteiger partial charge in [0.05, 0.1) is 45.5 Å². The van der Waals surface area contributed by atoms with Crippen molar-refractivity contribution >= 4 is 23.0 Å². The van der Waals surface area contributed by atoms with Crippen LogP contribution in [0.15, 0.2) is 132 Å². The van der Waals surface area contributed by atoms with Gasteiger partial charge in [-0.25, -0.2) is 4.98 Å². The minimum atomic E-state index is -0.779. The fraction of sp³-hybridized carbons (Fsp3) is 0.318. The van der Waals surface area contributed by atoms with Crippen molar-refractivity contribution in [3.05, 3.63) is 160 Å². The van der Waals surface area contributed by atoms with E-state index < -0.39 is 36.2 Å². The van der Waals surface area contributed by atoms with Crippen LogP contribution < -0.4 is 10.9 Å². The number of hydrogen-bond acceptors (Lipinski definition) is 9. The van der Waals surface area contributed by atoms with E-state index in [0.29, 0.717) is 19.8 Å². The molecule has 1 unspecified atom stereocenters. The number of aromatic nitrogens is 4. The topological polar surface area (TPSA) is 139 Å². The largest absolute Gasteiger partial charge is 0.374 e. The van der Waals surface area contributed by atoms with Crippen molar-refractivity contribution in [3.8, 4) is 0 Å². The molecule has 0 saturated carbocycles. The highest BCUT2D eigenvalue weighted by Gasteiger charge is 2.45. The first-order valence-corrected chi connectivity index (χ1v) is 18.9. The third kappa shape index (κ3) is 10.0. The molecule has 7 rings (SSSR count). The number of ether oxygens (including phenoxy) is 5. The number of carbonyl (C=O) groups excluding carboxylic acids is 1. The zero-order valence-corrected chi connectivity index (χ0v) is 31.5. The number of H-pyrrole nitrogens is 1. The molecule has 12 nitrogen and oxygen atoms in total. The average molecular weight is 758 g/mol. The zero-order chi connectivity index (χ0) is 38.7. The van der Waals surface area contributed by atoms with Gasteiger partial charge in [0.25, 0.3) is 5.56 Å². The molecule has 2 aromatic heterocycles. The van der Waals surface area contributed by atoms with Crippen LogP contribution >= 0.6 is 0 Å². The Kier molecular flexibility index (Phi) is 13.1. The highest BCUT2D eigenvalue weighted by Crippen LogP contribution is 2.35. The predicted molar refractivity (Wildman–Crippen MR) is 211 cm³/mol. The summed E-state index contributed by atoms with van der Waals surface area (Å²) in [6.07, 6.45) is -1.56. The lowest BCUT2D eigenvalue weighted by atomic mass is 10.0. The molecule has 3 heterocycles. The highest BCUT2D eigenvalue weighted by atomic mass is 16.6. The molecule has 0 radical (unpaired) electrons. The first kappa shape index (κ1) is 38.8. The van der Waals surface area contributed by atoms with Crippen LogP contribution in [-0.4, -0.2) is 56.4 Å². The van der Waals surface area contributed by atoms with Crippen molar-refractivity contribution < 1.29 is 28.5 Å². The van der Waals surface area contributed by atoms with Gasteiger partial charge in [-0.15, -0.1) is 0 Å². The van der Waals surface area contributed by atoms with Gasteiger partial charge in [0.15, 0.2) is 11.2 Å². The number of fused-ring (bicyclic) bond motifs is 1. The van der Waals surface area contributed by atoms with Crippen LogP contribution in [0.1, 0.15) is 48.8 Å². The van der Waals surface area contributed by atoms with Gasteiger partial charge in [-0.05, 0) is 22.3 Å². The summed E-state index contributed by atoms with van der Waals surface area (Å²) in [7, 11) is 0. The zero-order valence-electron chi connectivity index (χ0n) is 31.5. The molecule has 1 aliphatic rings. The fourth-order valence-corrected chi connectivity index (χ4v) is 6.64. The van der Waals surface area contributed by atoms with Crippen molar-refractivity contribution in [2.75, 3.05) is 11.9 Å². The summed E-state index contributed by atoms with van der Waals surface area (Å²) in [5.41, 5.74) is 3.85. The number of rotatable bonds is 16. The Hall–Kier alpha value is -5.50. The average Bonchev–Trinajstić information content (AvgIpc) is 3.60. The maximum Gasteiger partial charge on any atom is 0.278 e. The summed E-state index contributed by atoms with van der Waals surface area (Å²) < 4.78 is 35.6. The molecular weight excluding hydrogens is 711 g/mol. The number of nitrogens with one attached hydrogen (secondary N) is 2. The van der Waals surface area contributed by atoms with Crippen molar-refractivity contribution in [2.45, 2.75) is 77.3 Å². The Morgan fingerprint density at radius 2 is 1.29 bits per heavy atom. The molecule has 1 amide bonds. The first-order valence-electron chi connectivity index (χ1n) is 18.9. The quantitative estimate of drug-likeness (QED) is 0.107. The Morgan fingerprint density at radius 1 is 0.768 bits per heavy atom. The molecule has 0 bridgehead atoms. The maximum atomic E-state index is 13.7. The molecule has 4 aromatic carbocycles. The third-order valence-corrected chi connectivity index (χ3v) is 9.61. The number of benzene rings is 4. The smallest absolute Gasteiger partial charge is 0.278 e. The van der Waals surface area contributed by atoms with E-state index >= 15 is 0 Å². The summed E-state index contributed by atoms with van der Waals surface area (Å²) in [5, 5.41) is 2.67. The lowest BCUT2D eigenvalue weighted by molar-refractivity contribution is -0.184. The van der Waals surface area contributed by atoms with Crippen molar-refractivity contribution in [2.24, 2.45) is 5.92 Å². The van der Waals surface area contributed by atoms with Gasteiger partial charge in [-0.2, -0.15) is 4.98 Å². The second-order valence-electron chi connectivity index (χ2n) is 14.1. The maximum absolute atomic E-state index is 13.7. The van der Waals surface area contributed by atoms with Crippen molar-refractivity contribution in [1.82, 2.24) is 19.5 Å². The van der Waals surface area contributed by atoms with Crippen LogP contribution in [0.5, 0.6) is 0 Å². The monoisotopic (exact) mass is 757 g/mol. The molecular formula is C44H47N5O7. The van der Waals surface area contributed by atoms with Gasteiger partial charge >= 0.3 is 0 Å². The summed E-state index contributed by atoms with van der Waals surface area (Å²) >= 11 is 0. The standard InChI is InChI=1S/C44H47N5O7/c1-30(2)42(50)47-44-46-41-38(43(51)48-44)49(29-45-41)37-23-35(53-25-32-17-9-4-10-18-32)39(54-26-33-19-11-5-12-20-33)40(55-27-34-21-13-6-14-22-34)36(56-37)28-52-24-31-15-7-3-8-16-31/h3-22,29-30,35-37,39-40H,23-28H2,1-2H3,(H2,46,47,48,50,51)/t35-,36+,37?,39+,40+/m0/s1. The molecule has 1 fully saturated rings. The van der Waals surface area contributed by atoms with Gasteiger partial charge in [-0.1, -0.05) is 135 Å². The summed E-state index contributed by atoms with van der Waals surface area (Å²) in [6, 6.07) is 39.8. The van der Waals surface area contributed by atoms with E-state index in [1.807, 2.05) is 121 Å². The van der Waals surface area contributed by atoms with Crippen molar-refractivity contribution in [3.63, 3.8) is 0 Å². The Morgan fingerprint density at radius 3 is 1.84 bits per heavy atom. The van der Waals surface area contributed by atoms with E-state index in [1.54, 1.807) is 18.4 Å². The van der Waals surface area contributed by atoms with E-state index in [0.717, 1.165) is 22.3 Å². The second-order valence-corrected chi connectivity index (χ2v) is 14.1. The van der Waals surface area contributed by atoms with Crippen LogP contribution in [0.2, 0.25) is 0 Å². The van der Waals surface area contributed by atoms with Gasteiger partial charge in [0.1, 0.15) is 24.5 Å². The third-order valence-electron chi connectivity index (χ3n) is 9.61. The normalized spacial score (nSPS) is 19.9. The SMILES string of the molecule is CC(C)C(=O)Nc1nc2ncn(C3C[C@H](OCc4ccccc4)[C@@H](OCc4ccccc4)[C@H](OCc4ccccc4)[C@@H](COCc4ccccc4)O3)c2c(=O)[nH]1. The van der Waals surface area contributed by atoms with Gasteiger partial charge in [0, 0.05) is 12.3 Å². The summed E-state index contributed by atoms with van der Waals surface area (Å²) in [4.78, 5) is 37.9. The van der Waals surface area contributed by atoms with Crippen LogP contribution in [0.3, 0.4) is 0 Å². The minimum Gasteiger partial charge on any atom is -0.374 e. The molecule has 6 aromatic rings. The molecule has 56 heavy (non-hydrogen) atoms. The summed E-state index contributed by atoms with van der Waals surface area (Å²) in [6.45, 7) is 4.90.